The van der Waals surface area contributed by atoms with Crippen molar-refractivity contribution < 1.29 is 23.7 Å². The van der Waals surface area contributed by atoms with Crippen LogP contribution in [0.4, 0.5) is 0 Å². The van der Waals surface area contributed by atoms with Crippen LogP contribution in [0.15, 0.2) is 5.11 Å². The van der Waals surface area contributed by atoms with E-state index in [1.165, 1.54) is 21.3 Å². The fourth-order valence-electron chi connectivity index (χ4n) is 1.82. The minimum absolute atomic E-state index is 0.165. The second kappa shape index (κ2) is 6.41. The monoisotopic (exact) mass is 245 g/mol. The number of carbonyl (C=O) groups excluding carboxylic acids is 1. The topological polar surface area (TPSA) is 103 Å². The molecule has 1 aliphatic rings. The van der Waals surface area contributed by atoms with E-state index in [2.05, 4.69) is 10.0 Å². The van der Waals surface area contributed by atoms with Crippen molar-refractivity contribution in [2.45, 2.75) is 24.4 Å². The van der Waals surface area contributed by atoms with Gasteiger partial charge in [-0.05, 0) is 5.53 Å². The van der Waals surface area contributed by atoms with Crippen LogP contribution in [-0.2, 0) is 23.7 Å². The SMILES string of the molecule is COC[C@H]1OC(=O)[C@@H](OC)[C@H](N=[N+]=[N-])[C@@H]1OC. The molecule has 8 nitrogen and oxygen atoms in total. The largest absolute Gasteiger partial charge is 0.455 e. The third-order valence-corrected chi connectivity index (χ3v) is 2.56. The zero-order valence-corrected chi connectivity index (χ0v) is 9.90. The molecule has 17 heavy (non-hydrogen) atoms. The molecule has 0 N–H and O–H groups in total. The summed E-state index contributed by atoms with van der Waals surface area (Å²) in [5, 5.41) is 3.55. The van der Waals surface area contributed by atoms with Gasteiger partial charge in [-0.2, -0.15) is 0 Å². The molecule has 0 saturated carbocycles. The Kier molecular flexibility index (Phi) is 5.17. The highest BCUT2D eigenvalue weighted by Crippen LogP contribution is 2.24. The Hall–Kier alpha value is -1.34. The Bertz CT molecular complexity index is 318. The van der Waals surface area contributed by atoms with Crippen molar-refractivity contribution in [3.63, 3.8) is 0 Å². The molecule has 1 fully saturated rings. The summed E-state index contributed by atoms with van der Waals surface area (Å²) in [4.78, 5) is 14.3. The summed E-state index contributed by atoms with van der Waals surface area (Å²) in [5.74, 6) is -0.583. The highest BCUT2D eigenvalue weighted by Gasteiger charge is 2.46. The Morgan fingerprint density at radius 3 is 2.59 bits per heavy atom. The third-order valence-electron chi connectivity index (χ3n) is 2.56. The van der Waals surface area contributed by atoms with Crippen molar-refractivity contribution in [1.29, 1.82) is 0 Å². The van der Waals surface area contributed by atoms with Crippen LogP contribution in [0.3, 0.4) is 0 Å². The first-order valence-electron chi connectivity index (χ1n) is 4.98. The van der Waals surface area contributed by atoms with Crippen molar-refractivity contribution in [3.05, 3.63) is 10.4 Å². The van der Waals surface area contributed by atoms with Crippen molar-refractivity contribution in [3.8, 4) is 0 Å². The molecule has 8 heteroatoms. The molecule has 0 bridgehead atoms. The zero-order chi connectivity index (χ0) is 12.8. The van der Waals surface area contributed by atoms with Gasteiger partial charge in [0.15, 0.2) is 12.2 Å². The number of hydrogen-bond acceptors (Lipinski definition) is 6. The van der Waals surface area contributed by atoms with Gasteiger partial charge in [-0.15, -0.1) is 0 Å². The van der Waals surface area contributed by atoms with Crippen molar-refractivity contribution in [1.82, 2.24) is 0 Å². The van der Waals surface area contributed by atoms with Gasteiger partial charge in [0.05, 0.1) is 6.61 Å². The molecule has 0 aromatic rings. The molecule has 1 aliphatic heterocycles. The van der Waals surface area contributed by atoms with E-state index in [1.807, 2.05) is 0 Å². The normalized spacial score (nSPS) is 32.8. The lowest BCUT2D eigenvalue weighted by Gasteiger charge is -2.37. The molecule has 0 unspecified atom stereocenters. The Balaban J connectivity index is 2.96. The van der Waals surface area contributed by atoms with Crippen LogP contribution in [0.5, 0.6) is 0 Å². The number of azide groups is 1. The number of ether oxygens (including phenoxy) is 4. The van der Waals surface area contributed by atoms with Gasteiger partial charge in [-0.1, -0.05) is 5.11 Å². The summed E-state index contributed by atoms with van der Waals surface area (Å²) in [6.07, 6.45) is -2.16. The summed E-state index contributed by atoms with van der Waals surface area (Å²) in [7, 11) is 4.26. The molecular formula is C9H15N3O5. The number of methoxy groups -OCH3 is 3. The molecule has 0 aromatic carbocycles. The predicted octanol–water partition coefficient (Wildman–Crippen LogP) is 0.267. The van der Waals surface area contributed by atoms with Crippen LogP contribution in [-0.4, -0.2) is 58.3 Å². The van der Waals surface area contributed by atoms with Crippen LogP contribution in [0.2, 0.25) is 0 Å². The highest BCUT2D eigenvalue weighted by molar-refractivity contribution is 5.77. The maximum atomic E-state index is 11.6. The van der Waals surface area contributed by atoms with Crippen molar-refractivity contribution >= 4 is 5.97 Å². The molecule has 1 saturated heterocycles. The van der Waals surface area contributed by atoms with E-state index >= 15 is 0 Å². The summed E-state index contributed by atoms with van der Waals surface area (Å²) in [6.45, 7) is 0.165. The number of esters is 1. The van der Waals surface area contributed by atoms with Crippen LogP contribution >= 0.6 is 0 Å². The molecule has 0 aromatic heterocycles. The molecule has 0 aliphatic carbocycles. The van der Waals surface area contributed by atoms with E-state index in [9.17, 15) is 4.79 Å². The minimum atomic E-state index is -0.955. The lowest BCUT2D eigenvalue weighted by atomic mass is 9.97. The standard InChI is InChI=1S/C9H15N3O5/c1-14-4-5-7(15-2)6(11-12-10)8(16-3)9(13)17-5/h5-8H,4H2,1-3H3/t5-,6-,7-,8+/m1/s1. The first-order chi connectivity index (χ1) is 8.19. The van der Waals surface area contributed by atoms with Gasteiger partial charge in [0, 0.05) is 26.2 Å². The molecule has 96 valence electrons. The average molecular weight is 245 g/mol. The van der Waals surface area contributed by atoms with Gasteiger partial charge in [0.1, 0.15) is 12.1 Å². The van der Waals surface area contributed by atoms with Crippen LogP contribution in [0.25, 0.3) is 10.4 Å². The van der Waals surface area contributed by atoms with Gasteiger partial charge < -0.3 is 18.9 Å². The third kappa shape index (κ3) is 2.86. The van der Waals surface area contributed by atoms with Gasteiger partial charge >= 0.3 is 5.97 Å². The average Bonchev–Trinajstić information content (AvgIpc) is 2.30. The lowest BCUT2D eigenvalue weighted by Crippen LogP contribution is -2.57. The van der Waals surface area contributed by atoms with E-state index in [-0.39, 0.29) is 6.61 Å². The second-order valence-electron chi connectivity index (χ2n) is 3.48. The van der Waals surface area contributed by atoms with Crippen LogP contribution in [0.1, 0.15) is 0 Å². The summed E-state index contributed by atoms with van der Waals surface area (Å²) >= 11 is 0. The Morgan fingerprint density at radius 1 is 1.41 bits per heavy atom. The first kappa shape index (κ1) is 13.7. The first-order valence-corrected chi connectivity index (χ1v) is 4.98. The summed E-state index contributed by atoms with van der Waals surface area (Å²) in [6, 6.07) is -0.767. The molecule has 0 radical (unpaired) electrons. The van der Waals surface area contributed by atoms with E-state index in [4.69, 9.17) is 24.5 Å². The van der Waals surface area contributed by atoms with Crippen molar-refractivity contribution in [2.24, 2.45) is 5.11 Å². The van der Waals surface area contributed by atoms with E-state index < -0.39 is 30.3 Å². The van der Waals surface area contributed by atoms with E-state index in [0.717, 1.165) is 0 Å². The van der Waals surface area contributed by atoms with Gasteiger partial charge in [0.25, 0.3) is 0 Å². The highest BCUT2D eigenvalue weighted by atomic mass is 16.6. The fourth-order valence-corrected chi connectivity index (χ4v) is 1.82. The molecule has 0 amide bonds. The summed E-state index contributed by atoms with van der Waals surface area (Å²) < 4.78 is 20.2. The van der Waals surface area contributed by atoms with E-state index in [0.29, 0.717) is 0 Å². The predicted molar refractivity (Wildman–Crippen MR) is 56.3 cm³/mol. The molecule has 0 spiro atoms. The minimum Gasteiger partial charge on any atom is -0.455 e. The molecule has 1 heterocycles. The molecule has 4 atom stereocenters. The number of rotatable bonds is 5. The quantitative estimate of drug-likeness (QED) is 0.299. The number of nitrogens with zero attached hydrogens (tertiary/aromatic N) is 3. The van der Waals surface area contributed by atoms with Gasteiger partial charge in [-0.3, -0.25) is 0 Å². The Labute approximate surface area is 98.4 Å². The molecular weight excluding hydrogens is 230 g/mol. The number of hydrogen-bond donors (Lipinski definition) is 0. The fraction of sp³-hybridized carbons (Fsp3) is 0.889. The lowest BCUT2D eigenvalue weighted by molar-refractivity contribution is -0.193. The van der Waals surface area contributed by atoms with Gasteiger partial charge in [0.2, 0.25) is 0 Å². The molecule has 1 rings (SSSR count). The smallest absolute Gasteiger partial charge is 0.336 e. The maximum Gasteiger partial charge on any atom is 0.336 e. The van der Waals surface area contributed by atoms with Crippen molar-refractivity contribution in [2.75, 3.05) is 27.9 Å². The van der Waals surface area contributed by atoms with Gasteiger partial charge in [-0.25, -0.2) is 4.79 Å². The summed E-state index contributed by atoms with van der Waals surface area (Å²) in [5.41, 5.74) is 8.51. The van der Waals surface area contributed by atoms with Crippen LogP contribution < -0.4 is 0 Å². The van der Waals surface area contributed by atoms with Crippen LogP contribution in [0, 0.1) is 0 Å². The number of cyclic esters (lactones) is 1. The van der Waals surface area contributed by atoms with E-state index in [1.54, 1.807) is 0 Å². The number of carbonyl (C=O) groups is 1. The Morgan fingerprint density at radius 2 is 2.12 bits per heavy atom. The zero-order valence-electron chi connectivity index (χ0n) is 9.90. The second-order valence-corrected chi connectivity index (χ2v) is 3.48. The maximum absolute atomic E-state index is 11.6.